The normalized spacial score (nSPS) is 17.5. The number of anilines is 1. The highest BCUT2D eigenvalue weighted by atomic mass is 32.1. The number of carbonyl (C=O) groups excluding carboxylic acids is 1. The molecule has 1 aromatic heterocycles. The molecule has 3 nitrogen and oxygen atoms in total. The summed E-state index contributed by atoms with van der Waals surface area (Å²) in [5.41, 5.74) is 2.38. The van der Waals surface area contributed by atoms with Crippen LogP contribution >= 0.6 is 11.3 Å². The predicted molar refractivity (Wildman–Crippen MR) is 97.1 cm³/mol. The molecule has 1 fully saturated rings. The quantitative estimate of drug-likeness (QED) is 0.819. The third-order valence-corrected chi connectivity index (χ3v) is 5.58. The van der Waals surface area contributed by atoms with Gasteiger partial charge in [0.1, 0.15) is 0 Å². The molecule has 2 aromatic rings. The zero-order valence-electron chi connectivity index (χ0n) is 13.9. The van der Waals surface area contributed by atoms with Crippen molar-refractivity contribution in [3.8, 4) is 0 Å². The third-order valence-electron chi connectivity index (χ3n) is 4.61. The second-order valence-electron chi connectivity index (χ2n) is 6.06. The van der Waals surface area contributed by atoms with Gasteiger partial charge in [0.15, 0.2) is 0 Å². The predicted octanol–water partition coefficient (Wildman–Crippen LogP) is 4.25. The van der Waals surface area contributed by atoms with E-state index in [4.69, 9.17) is 0 Å². The lowest BCUT2D eigenvalue weighted by Crippen LogP contribution is -2.40. The Morgan fingerprint density at radius 1 is 1.30 bits per heavy atom. The number of hydrogen-bond acceptors (Lipinski definition) is 3. The van der Waals surface area contributed by atoms with Crippen molar-refractivity contribution in [3.63, 3.8) is 0 Å². The number of para-hydroxylation sites is 1. The second kappa shape index (κ2) is 7.18. The van der Waals surface area contributed by atoms with Gasteiger partial charge < -0.3 is 9.80 Å². The summed E-state index contributed by atoms with van der Waals surface area (Å²) >= 11 is 1.76. The van der Waals surface area contributed by atoms with Crippen molar-refractivity contribution in [2.45, 2.75) is 32.7 Å². The van der Waals surface area contributed by atoms with E-state index in [2.05, 4.69) is 53.3 Å². The monoisotopic (exact) mass is 328 g/mol. The fraction of sp³-hybridized carbons (Fsp3) is 0.421. The van der Waals surface area contributed by atoms with Crippen LogP contribution in [-0.2, 0) is 4.79 Å². The number of likely N-dealkylation sites (tertiary alicyclic amines) is 1. The van der Waals surface area contributed by atoms with Gasteiger partial charge in [-0.1, -0.05) is 24.3 Å². The van der Waals surface area contributed by atoms with E-state index in [9.17, 15) is 4.79 Å². The summed E-state index contributed by atoms with van der Waals surface area (Å²) in [6, 6.07) is 12.8. The highest BCUT2D eigenvalue weighted by Crippen LogP contribution is 2.34. The average Bonchev–Trinajstić information content (AvgIpc) is 3.23. The summed E-state index contributed by atoms with van der Waals surface area (Å²) in [5.74, 6) is 0.242. The lowest BCUT2D eigenvalue weighted by molar-refractivity contribution is -0.130. The van der Waals surface area contributed by atoms with Crippen LogP contribution in [0.4, 0.5) is 5.69 Å². The Labute approximate surface area is 142 Å². The number of benzene rings is 1. The Kier molecular flexibility index (Phi) is 5.01. The first-order chi connectivity index (χ1) is 11.2. The minimum atomic E-state index is 0.242. The van der Waals surface area contributed by atoms with Crippen LogP contribution in [0.15, 0.2) is 41.8 Å². The van der Waals surface area contributed by atoms with Gasteiger partial charge in [0.25, 0.3) is 0 Å². The van der Waals surface area contributed by atoms with E-state index < -0.39 is 0 Å². The van der Waals surface area contributed by atoms with Crippen LogP contribution in [0.2, 0.25) is 0 Å². The Hall–Kier alpha value is -1.81. The summed E-state index contributed by atoms with van der Waals surface area (Å²) in [5, 5.41) is 2.10. The zero-order valence-corrected chi connectivity index (χ0v) is 14.7. The van der Waals surface area contributed by atoms with Crippen LogP contribution in [-0.4, -0.2) is 30.4 Å². The molecule has 1 aliphatic rings. The van der Waals surface area contributed by atoms with Crippen molar-refractivity contribution >= 4 is 22.9 Å². The molecule has 2 heterocycles. The molecule has 0 saturated carbocycles. The van der Waals surface area contributed by atoms with E-state index in [-0.39, 0.29) is 11.9 Å². The molecule has 1 unspecified atom stereocenters. The van der Waals surface area contributed by atoms with Gasteiger partial charge in [-0.15, -0.1) is 11.3 Å². The summed E-state index contributed by atoms with van der Waals surface area (Å²) in [6.45, 7) is 6.40. The van der Waals surface area contributed by atoms with Gasteiger partial charge in [0, 0.05) is 23.7 Å². The van der Waals surface area contributed by atoms with Crippen molar-refractivity contribution in [2.75, 3.05) is 24.5 Å². The summed E-state index contributed by atoms with van der Waals surface area (Å²) in [4.78, 5) is 18.5. The summed E-state index contributed by atoms with van der Waals surface area (Å²) < 4.78 is 0. The van der Waals surface area contributed by atoms with Crippen molar-refractivity contribution in [2.24, 2.45) is 0 Å². The van der Waals surface area contributed by atoms with E-state index in [1.807, 2.05) is 12.1 Å². The Bertz CT molecular complexity index is 653. The first kappa shape index (κ1) is 16.1. The Morgan fingerprint density at radius 3 is 2.83 bits per heavy atom. The fourth-order valence-corrected chi connectivity index (χ4v) is 4.26. The number of nitrogens with zero attached hydrogens (tertiary/aromatic N) is 2. The van der Waals surface area contributed by atoms with Crippen LogP contribution in [0.25, 0.3) is 0 Å². The number of aryl methyl sites for hydroxylation is 1. The van der Waals surface area contributed by atoms with Crippen LogP contribution in [0.1, 0.15) is 36.2 Å². The van der Waals surface area contributed by atoms with E-state index in [0.29, 0.717) is 6.54 Å². The highest BCUT2D eigenvalue weighted by Gasteiger charge is 2.31. The molecule has 1 aromatic carbocycles. The van der Waals surface area contributed by atoms with Gasteiger partial charge in [-0.3, -0.25) is 4.79 Å². The number of likely N-dealkylation sites (N-methyl/N-ethyl adjacent to an activating group) is 1. The molecule has 0 bridgehead atoms. The third kappa shape index (κ3) is 3.42. The topological polar surface area (TPSA) is 23.6 Å². The molecule has 0 radical (unpaired) electrons. The molecule has 4 heteroatoms. The maximum atomic E-state index is 12.9. The molecule has 1 atom stereocenters. The van der Waals surface area contributed by atoms with Gasteiger partial charge >= 0.3 is 0 Å². The standard InChI is InChI=1S/C19H24N2OS/c1-3-20(16-9-5-4-8-15(16)2)14-19(22)21-12-6-10-17(21)18-11-7-13-23-18/h4-5,7-9,11,13,17H,3,6,10,12,14H2,1-2H3. The maximum absolute atomic E-state index is 12.9. The first-order valence-electron chi connectivity index (χ1n) is 8.34. The first-order valence-corrected chi connectivity index (χ1v) is 9.22. The van der Waals surface area contributed by atoms with Crippen LogP contribution < -0.4 is 4.90 Å². The number of carbonyl (C=O) groups is 1. The maximum Gasteiger partial charge on any atom is 0.242 e. The molecule has 23 heavy (non-hydrogen) atoms. The molecule has 3 rings (SSSR count). The zero-order chi connectivity index (χ0) is 16.2. The molecular weight excluding hydrogens is 304 g/mol. The molecule has 0 N–H and O–H groups in total. The minimum Gasteiger partial charge on any atom is -0.362 e. The van der Waals surface area contributed by atoms with Gasteiger partial charge in [0.2, 0.25) is 5.91 Å². The van der Waals surface area contributed by atoms with Crippen molar-refractivity contribution in [3.05, 3.63) is 52.2 Å². The van der Waals surface area contributed by atoms with E-state index in [0.717, 1.165) is 31.6 Å². The van der Waals surface area contributed by atoms with Crippen molar-refractivity contribution < 1.29 is 4.79 Å². The summed E-state index contributed by atoms with van der Waals surface area (Å²) in [7, 11) is 0. The number of rotatable bonds is 5. The molecule has 0 aliphatic carbocycles. The van der Waals surface area contributed by atoms with Gasteiger partial charge in [0.05, 0.1) is 12.6 Å². The van der Waals surface area contributed by atoms with Crippen molar-refractivity contribution in [1.29, 1.82) is 0 Å². The lowest BCUT2D eigenvalue weighted by Gasteiger charge is -2.29. The number of amides is 1. The minimum absolute atomic E-state index is 0.242. The van der Waals surface area contributed by atoms with Gasteiger partial charge in [-0.25, -0.2) is 0 Å². The second-order valence-corrected chi connectivity index (χ2v) is 7.04. The molecule has 1 aliphatic heterocycles. The Balaban J connectivity index is 1.73. The molecule has 122 valence electrons. The molecular formula is C19H24N2OS. The number of thiophene rings is 1. The molecule has 0 spiro atoms. The number of hydrogen-bond donors (Lipinski definition) is 0. The Morgan fingerprint density at radius 2 is 2.13 bits per heavy atom. The summed E-state index contributed by atoms with van der Waals surface area (Å²) in [6.07, 6.45) is 2.19. The SMILES string of the molecule is CCN(CC(=O)N1CCCC1c1cccs1)c1ccccc1C. The molecule has 1 saturated heterocycles. The van der Waals surface area contributed by atoms with E-state index >= 15 is 0 Å². The smallest absolute Gasteiger partial charge is 0.242 e. The average molecular weight is 328 g/mol. The van der Waals surface area contributed by atoms with Crippen LogP contribution in [0, 0.1) is 6.92 Å². The van der Waals surface area contributed by atoms with Crippen LogP contribution in [0.5, 0.6) is 0 Å². The van der Waals surface area contributed by atoms with E-state index in [1.165, 1.54) is 10.4 Å². The highest BCUT2D eigenvalue weighted by molar-refractivity contribution is 7.10. The largest absolute Gasteiger partial charge is 0.362 e. The molecule has 1 amide bonds. The van der Waals surface area contributed by atoms with Crippen LogP contribution in [0.3, 0.4) is 0 Å². The van der Waals surface area contributed by atoms with Crippen molar-refractivity contribution in [1.82, 2.24) is 4.90 Å². The van der Waals surface area contributed by atoms with Gasteiger partial charge in [-0.2, -0.15) is 0 Å². The van der Waals surface area contributed by atoms with Gasteiger partial charge in [-0.05, 0) is 49.8 Å². The fourth-order valence-electron chi connectivity index (χ4n) is 3.38. The lowest BCUT2D eigenvalue weighted by atomic mass is 10.1. The van der Waals surface area contributed by atoms with E-state index in [1.54, 1.807) is 11.3 Å².